The Morgan fingerprint density at radius 2 is 1.81 bits per heavy atom. The molecule has 0 bridgehead atoms. The van der Waals surface area contributed by atoms with Crippen molar-refractivity contribution in [3.8, 4) is 22.4 Å². The van der Waals surface area contributed by atoms with Crippen LogP contribution in [0, 0.1) is 6.92 Å². The highest BCUT2D eigenvalue weighted by Crippen LogP contribution is 2.32. The summed E-state index contributed by atoms with van der Waals surface area (Å²) < 4.78 is 0. The highest BCUT2D eigenvalue weighted by Gasteiger charge is 2.26. The standard InChI is InChI=1S/C30H40N6/c1-6-18-35(4)20-17-32-27(21-31-3)25-13-9-23(10-14-25)24-11-15-26(16-12-24)29-22(2)33-30(34-29)28-8-7-19-36(28)5/h9-16,21,28,32H,3,6-8,17-20H2,1-2,4-5H3,(H,33,34)/b27-21-/t28-/m0/s1. The van der Waals surface area contributed by atoms with Gasteiger partial charge in [0, 0.05) is 30.5 Å². The van der Waals surface area contributed by atoms with E-state index in [0.717, 1.165) is 66.6 Å². The van der Waals surface area contributed by atoms with Crippen molar-refractivity contribution in [1.29, 1.82) is 0 Å². The minimum atomic E-state index is 0.400. The lowest BCUT2D eigenvalue weighted by Gasteiger charge is -2.17. The molecule has 0 amide bonds. The first kappa shape index (κ1) is 25.9. The number of nitrogens with one attached hydrogen (secondary N) is 2. The van der Waals surface area contributed by atoms with E-state index in [9.17, 15) is 0 Å². The fraction of sp³-hybridized carbons (Fsp3) is 0.400. The Morgan fingerprint density at radius 1 is 1.14 bits per heavy atom. The summed E-state index contributed by atoms with van der Waals surface area (Å²) in [6.07, 6.45) is 5.37. The Hall–Kier alpha value is -3.22. The summed E-state index contributed by atoms with van der Waals surface area (Å²) in [5.74, 6) is 1.09. The van der Waals surface area contributed by atoms with Gasteiger partial charge in [-0.3, -0.25) is 9.89 Å². The van der Waals surface area contributed by atoms with Crippen LogP contribution >= 0.6 is 0 Å². The number of nitrogens with zero attached hydrogens (tertiary/aromatic N) is 4. The SMILES string of the molecule is C=N/C=C(\NCCN(C)CCC)c1ccc(-c2ccc(-c3nc([C@@H]4CCCN4C)[nH]c3C)cc2)cc1. The van der Waals surface area contributed by atoms with Gasteiger partial charge in [-0.05, 0) is 76.8 Å². The van der Waals surface area contributed by atoms with Gasteiger partial charge in [0.15, 0.2) is 0 Å². The lowest BCUT2D eigenvalue weighted by molar-refractivity contribution is 0.307. The van der Waals surface area contributed by atoms with Crippen molar-refractivity contribution in [3.05, 3.63) is 71.8 Å². The summed E-state index contributed by atoms with van der Waals surface area (Å²) in [6, 6.07) is 17.7. The van der Waals surface area contributed by atoms with Crippen LogP contribution in [-0.4, -0.2) is 66.8 Å². The maximum absolute atomic E-state index is 4.98. The molecular formula is C30H40N6. The Bertz CT molecular complexity index is 1160. The van der Waals surface area contributed by atoms with E-state index in [0.29, 0.717) is 6.04 Å². The zero-order chi connectivity index (χ0) is 25.5. The third kappa shape index (κ3) is 6.12. The maximum atomic E-state index is 4.98. The van der Waals surface area contributed by atoms with Crippen LogP contribution in [0.2, 0.25) is 0 Å². The van der Waals surface area contributed by atoms with E-state index in [2.05, 4.69) is 108 Å². The van der Waals surface area contributed by atoms with Crippen molar-refractivity contribution in [2.75, 3.05) is 40.3 Å². The number of rotatable bonds is 11. The number of likely N-dealkylation sites (tertiary alicyclic amines) is 1. The molecule has 1 fully saturated rings. The summed E-state index contributed by atoms with van der Waals surface area (Å²) in [6.45, 7) is 12.1. The lowest BCUT2D eigenvalue weighted by atomic mass is 10.0. The second kappa shape index (κ2) is 12.2. The van der Waals surface area contributed by atoms with E-state index >= 15 is 0 Å². The van der Waals surface area contributed by atoms with Crippen LogP contribution < -0.4 is 5.32 Å². The molecule has 190 valence electrons. The first-order valence-electron chi connectivity index (χ1n) is 13.1. The number of aromatic nitrogens is 2. The molecule has 1 aliphatic heterocycles. The number of hydrogen-bond donors (Lipinski definition) is 2. The van der Waals surface area contributed by atoms with Crippen molar-refractivity contribution < 1.29 is 0 Å². The number of aryl methyl sites for hydroxylation is 1. The Labute approximate surface area is 216 Å². The minimum absolute atomic E-state index is 0.400. The zero-order valence-electron chi connectivity index (χ0n) is 22.2. The molecule has 1 aliphatic rings. The fourth-order valence-corrected chi connectivity index (χ4v) is 5.03. The van der Waals surface area contributed by atoms with Gasteiger partial charge in [0.1, 0.15) is 5.82 Å². The van der Waals surface area contributed by atoms with Gasteiger partial charge in [-0.15, -0.1) is 0 Å². The average Bonchev–Trinajstić information content (AvgIpc) is 3.49. The van der Waals surface area contributed by atoms with Gasteiger partial charge in [0.2, 0.25) is 0 Å². The smallest absolute Gasteiger partial charge is 0.124 e. The van der Waals surface area contributed by atoms with Crippen LogP contribution in [0.3, 0.4) is 0 Å². The van der Waals surface area contributed by atoms with Crippen LogP contribution in [0.1, 0.15) is 49.3 Å². The molecule has 2 heterocycles. The maximum Gasteiger partial charge on any atom is 0.124 e. The number of aromatic amines is 1. The molecule has 3 aromatic rings. The van der Waals surface area contributed by atoms with Gasteiger partial charge >= 0.3 is 0 Å². The van der Waals surface area contributed by atoms with Gasteiger partial charge < -0.3 is 15.2 Å². The molecule has 1 saturated heterocycles. The summed E-state index contributed by atoms with van der Waals surface area (Å²) >= 11 is 0. The summed E-state index contributed by atoms with van der Waals surface area (Å²) in [4.78, 5) is 17.2. The van der Waals surface area contributed by atoms with Crippen molar-refractivity contribution in [3.63, 3.8) is 0 Å². The summed E-state index contributed by atoms with van der Waals surface area (Å²) in [7, 11) is 4.34. The predicted octanol–water partition coefficient (Wildman–Crippen LogP) is 5.75. The highest BCUT2D eigenvalue weighted by atomic mass is 15.2. The van der Waals surface area contributed by atoms with Crippen molar-refractivity contribution in [2.45, 2.75) is 39.2 Å². The van der Waals surface area contributed by atoms with E-state index in [1.165, 1.54) is 24.0 Å². The van der Waals surface area contributed by atoms with E-state index in [-0.39, 0.29) is 0 Å². The van der Waals surface area contributed by atoms with Gasteiger partial charge in [-0.2, -0.15) is 0 Å². The monoisotopic (exact) mass is 484 g/mol. The van der Waals surface area contributed by atoms with Crippen molar-refractivity contribution in [2.24, 2.45) is 4.99 Å². The molecule has 0 aliphatic carbocycles. The topological polar surface area (TPSA) is 59.6 Å². The molecule has 0 spiro atoms. The molecule has 6 heteroatoms. The number of imidazole rings is 1. The molecule has 1 aromatic heterocycles. The number of H-pyrrole nitrogens is 1. The molecule has 2 aromatic carbocycles. The molecule has 0 saturated carbocycles. The second-order valence-corrected chi connectivity index (χ2v) is 9.84. The largest absolute Gasteiger partial charge is 0.382 e. The number of aliphatic imine (C=N–C) groups is 1. The van der Waals surface area contributed by atoms with E-state index in [1.54, 1.807) is 6.20 Å². The van der Waals surface area contributed by atoms with Crippen LogP contribution in [0.15, 0.2) is 59.7 Å². The van der Waals surface area contributed by atoms with Crippen molar-refractivity contribution in [1.82, 2.24) is 25.1 Å². The summed E-state index contributed by atoms with van der Waals surface area (Å²) in [5, 5.41) is 3.51. The van der Waals surface area contributed by atoms with Crippen LogP contribution in [-0.2, 0) is 0 Å². The molecule has 6 nitrogen and oxygen atoms in total. The number of hydrogen-bond acceptors (Lipinski definition) is 5. The van der Waals surface area contributed by atoms with Crippen LogP contribution in [0.5, 0.6) is 0 Å². The third-order valence-electron chi connectivity index (χ3n) is 7.06. The molecule has 4 rings (SSSR count). The zero-order valence-corrected chi connectivity index (χ0v) is 22.2. The molecule has 1 atom stereocenters. The Balaban J connectivity index is 1.44. The molecule has 0 unspecified atom stereocenters. The first-order valence-corrected chi connectivity index (χ1v) is 13.1. The van der Waals surface area contributed by atoms with E-state index in [4.69, 9.17) is 4.98 Å². The van der Waals surface area contributed by atoms with Crippen molar-refractivity contribution >= 4 is 12.4 Å². The Morgan fingerprint density at radius 3 is 2.42 bits per heavy atom. The molecule has 2 N–H and O–H groups in total. The minimum Gasteiger partial charge on any atom is -0.382 e. The van der Waals surface area contributed by atoms with Crippen LogP contribution in [0.25, 0.3) is 28.1 Å². The third-order valence-corrected chi connectivity index (χ3v) is 7.06. The molecule has 36 heavy (non-hydrogen) atoms. The van der Waals surface area contributed by atoms with Gasteiger partial charge in [-0.25, -0.2) is 4.98 Å². The van der Waals surface area contributed by atoms with Gasteiger partial charge in [0.25, 0.3) is 0 Å². The average molecular weight is 485 g/mol. The fourth-order valence-electron chi connectivity index (χ4n) is 5.03. The molecular weight excluding hydrogens is 444 g/mol. The van der Waals surface area contributed by atoms with Gasteiger partial charge in [0.05, 0.1) is 17.4 Å². The van der Waals surface area contributed by atoms with E-state index in [1.807, 2.05) is 0 Å². The van der Waals surface area contributed by atoms with Gasteiger partial charge in [-0.1, -0.05) is 55.5 Å². The predicted molar refractivity (Wildman–Crippen MR) is 152 cm³/mol. The van der Waals surface area contributed by atoms with E-state index < -0.39 is 0 Å². The number of benzene rings is 2. The highest BCUT2D eigenvalue weighted by molar-refractivity contribution is 5.72. The number of likely N-dealkylation sites (N-methyl/N-ethyl adjacent to an activating group) is 1. The normalized spacial score (nSPS) is 16.6. The summed E-state index contributed by atoms with van der Waals surface area (Å²) in [5.41, 5.74) is 7.81. The van der Waals surface area contributed by atoms with Crippen LogP contribution in [0.4, 0.5) is 0 Å². The first-order chi connectivity index (χ1) is 17.5. The lowest BCUT2D eigenvalue weighted by Crippen LogP contribution is -2.29. The Kier molecular flexibility index (Phi) is 8.73. The molecule has 0 radical (unpaired) electrons. The second-order valence-electron chi connectivity index (χ2n) is 9.84. The quantitative estimate of drug-likeness (QED) is 0.340.